The van der Waals surface area contributed by atoms with E-state index in [0.29, 0.717) is 34.5 Å². The monoisotopic (exact) mass is 369 g/mol. The Hall–Kier alpha value is -1.59. The number of aromatic nitrogens is 3. The van der Waals surface area contributed by atoms with Gasteiger partial charge in [-0.25, -0.2) is 0 Å². The van der Waals surface area contributed by atoms with E-state index in [1.54, 1.807) is 18.2 Å². The summed E-state index contributed by atoms with van der Waals surface area (Å²) in [6.45, 7) is 8.44. The summed E-state index contributed by atoms with van der Waals surface area (Å²) in [5.41, 5.74) is 0.413. The molecule has 0 fully saturated rings. The Morgan fingerprint density at radius 1 is 1.29 bits per heavy atom. The van der Waals surface area contributed by atoms with E-state index in [9.17, 15) is 4.79 Å². The molecule has 130 valence electrons. The molecule has 24 heavy (non-hydrogen) atoms. The summed E-state index contributed by atoms with van der Waals surface area (Å²) < 4.78 is 6.75. The van der Waals surface area contributed by atoms with Crippen molar-refractivity contribution in [2.75, 3.05) is 6.61 Å². The first kappa shape index (κ1) is 18.7. The lowest BCUT2D eigenvalue weighted by Crippen LogP contribution is -2.21. The van der Waals surface area contributed by atoms with Gasteiger partial charge in [-0.05, 0) is 30.0 Å². The lowest BCUT2D eigenvalue weighted by molar-refractivity contribution is 0.0840. The van der Waals surface area contributed by atoms with Gasteiger partial charge in [0.15, 0.2) is 5.82 Å². The molecule has 0 N–H and O–H groups in total. The van der Waals surface area contributed by atoms with Gasteiger partial charge in [-0.3, -0.25) is 4.79 Å². The first-order valence-electron chi connectivity index (χ1n) is 7.80. The van der Waals surface area contributed by atoms with E-state index in [1.165, 1.54) is 4.68 Å². The Balaban J connectivity index is 2.47. The third kappa shape index (κ3) is 4.71. The van der Waals surface area contributed by atoms with Crippen LogP contribution < -0.4 is 4.74 Å². The minimum atomic E-state index is -0.172. The topological polar surface area (TPSA) is 57.0 Å². The fourth-order valence-electron chi connectivity index (χ4n) is 2.10. The van der Waals surface area contributed by atoms with Crippen LogP contribution in [-0.4, -0.2) is 27.3 Å². The number of hydrogen-bond acceptors (Lipinski definition) is 4. The van der Waals surface area contributed by atoms with Gasteiger partial charge in [-0.1, -0.05) is 50.9 Å². The molecule has 0 radical (unpaired) electrons. The fraction of sp³-hybridized carbons (Fsp3) is 0.471. The third-order valence-corrected chi connectivity index (χ3v) is 3.66. The number of carbonyl (C=O) groups is 1. The smallest absolute Gasteiger partial charge is 0.336 e. The molecule has 0 aliphatic heterocycles. The van der Waals surface area contributed by atoms with Crippen molar-refractivity contribution >= 4 is 29.1 Å². The molecule has 7 heteroatoms. The highest BCUT2D eigenvalue weighted by Crippen LogP contribution is 2.31. The highest BCUT2D eigenvalue weighted by atomic mass is 35.5. The Morgan fingerprint density at radius 2 is 2.00 bits per heavy atom. The van der Waals surface area contributed by atoms with Crippen LogP contribution in [0.5, 0.6) is 6.01 Å². The van der Waals surface area contributed by atoms with E-state index in [0.717, 1.165) is 6.42 Å². The molecular weight excluding hydrogens is 349 g/mol. The Morgan fingerprint density at radius 3 is 2.58 bits per heavy atom. The van der Waals surface area contributed by atoms with Crippen LogP contribution in [0.1, 0.15) is 45.3 Å². The molecular formula is C17H21Cl2N3O2. The second-order valence-corrected chi connectivity index (χ2v) is 7.58. The Kier molecular flexibility index (Phi) is 5.88. The van der Waals surface area contributed by atoms with E-state index in [-0.39, 0.29) is 17.3 Å². The van der Waals surface area contributed by atoms with Gasteiger partial charge in [-0.15, -0.1) is 5.10 Å². The van der Waals surface area contributed by atoms with E-state index < -0.39 is 0 Å². The molecule has 1 heterocycles. The van der Waals surface area contributed by atoms with Crippen LogP contribution in [0.3, 0.4) is 0 Å². The van der Waals surface area contributed by atoms with Gasteiger partial charge in [0.25, 0.3) is 0 Å². The molecule has 0 spiro atoms. The predicted molar refractivity (Wildman–Crippen MR) is 96.0 cm³/mol. The molecule has 0 saturated carbocycles. The minimum absolute atomic E-state index is 0.164. The van der Waals surface area contributed by atoms with Gasteiger partial charge in [0.05, 0.1) is 11.6 Å². The normalized spacial score (nSPS) is 11.6. The summed E-state index contributed by atoms with van der Waals surface area (Å²) in [5, 5.41) is 5.13. The molecule has 2 rings (SSSR count). The highest BCUT2D eigenvalue weighted by molar-refractivity contribution is 6.36. The van der Waals surface area contributed by atoms with Gasteiger partial charge in [-0.2, -0.15) is 9.67 Å². The van der Waals surface area contributed by atoms with Crippen molar-refractivity contribution in [1.82, 2.24) is 14.8 Å². The van der Waals surface area contributed by atoms with Crippen LogP contribution in [0.25, 0.3) is 11.4 Å². The number of benzene rings is 1. The van der Waals surface area contributed by atoms with Crippen LogP contribution in [0.15, 0.2) is 18.2 Å². The Labute approximate surface area is 151 Å². The molecule has 2 aromatic rings. The number of nitrogens with zero attached hydrogens (tertiary/aromatic N) is 3. The first-order chi connectivity index (χ1) is 11.2. The number of hydrogen-bond donors (Lipinski definition) is 0. The quantitative estimate of drug-likeness (QED) is 0.733. The third-order valence-electron chi connectivity index (χ3n) is 3.11. The van der Waals surface area contributed by atoms with Crippen molar-refractivity contribution in [3.8, 4) is 17.4 Å². The predicted octanol–water partition coefficient (Wildman–Crippen LogP) is 5.12. The lowest BCUT2D eigenvalue weighted by atomic mass is 9.92. The number of carbonyl (C=O) groups excluding carboxylic acids is 1. The maximum atomic E-state index is 12.7. The lowest BCUT2D eigenvalue weighted by Gasteiger charge is -2.17. The largest absolute Gasteiger partial charge is 0.462 e. The standard InChI is InChI=1S/C17H21Cl2N3O2/c1-5-8-24-16-20-15(12-7-6-11(18)9-13(12)19)22(21-16)14(23)10-17(2,3)4/h6-7,9H,5,8,10H2,1-4H3. The van der Waals surface area contributed by atoms with Crippen molar-refractivity contribution in [2.45, 2.75) is 40.5 Å². The van der Waals surface area contributed by atoms with Crippen LogP contribution in [0.4, 0.5) is 0 Å². The van der Waals surface area contributed by atoms with Crippen molar-refractivity contribution in [3.05, 3.63) is 28.2 Å². The van der Waals surface area contributed by atoms with Crippen LogP contribution >= 0.6 is 23.2 Å². The highest BCUT2D eigenvalue weighted by Gasteiger charge is 2.24. The summed E-state index contributed by atoms with van der Waals surface area (Å²) in [6, 6.07) is 5.19. The van der Waals surface area contributed by atoms with Crippen LogP contribution in [0.2, 0.25) is 10.0 Å². The van der Waals surface area contributed by atoms with E-state index in [2.05, 4.69) is 10.1 Å². The summed E-state index contributed by atoms with van der Waals surface area (Å²) >= 11 is 12.2. The Bertz CT molecular complexity index is 736. The molecule has 0 saturated heterocycles. The van der Waals surface area contributed by atoms with Crippen molar-refractivity contribution in [3.63, 3.8) is 0 Å². The SMILES string of the molecule is CCCOc1nc(-c2ccc(Cl)cc2Cl)n(C(=O)CC(C)(C)C)n1. The summed E-state index contributed by atoms with van der Waals surface area (Å²) in [5.74, 6) is 0.194. The maximum absolute atomic E-state index is 12.7. The summed E-state index contributed by atoms with van der Waals surface area (Å²) in [6.07, 6.45) is 1.14. The first-order valence-corrected chi connectivity index (χ1v) is 8.55. The fourth-order valence-corrected chi connectivity index (χ4v) is 2.59. The van der Waals surface area contributed by atoms with Gasteiger partial charge in [0.1, 0.15) is 0 Å². The molecule has 0 atom stereocenters. The van der Waals surface area contributed by atoms with E-state index >= 15 is 0 Å². The van der Waals surface area contributed by atoms with Gasteiger partial charge < -0.3 is 4.74 Å². The number of rotatable bonds is 5. The second kappa shape index (κ2) is 7.53. The maximum Gasteiger partial charge on any atom is 0.336 e. The average molecular weight is 370 g/mol. The number of ether oxygens (including phenoxy) is 1. The molecule has 0 amide bonds. The van der Waals surface area contributed by atoms with Gasteiger partial charge >= 0.3 is 6.01 Å². The van der Waals surface area contributed by atoms with Gasteiger partial charge in [0.2, 0.25) is 5.91 Å². The molecule has 1 aromatic carbocycles. The van der Waals surface area contributed by atoms with Crippen molar-refractivity contribution in [1.29, 1.82) is 0 Å². The van der Waals surface area contributed by atoms with E-state index in [1.807, 2.05) is 27.7 Å². The molecule has 0 aliphatic carbocycles. The minimum Gasteiger partial charge on any atom is -0.462 e. The molecule has 0 aliphatic rings. The second-order valence-electron chi connectivity index (χ2n) is 6.73. The number of halogens is 2. The van der Waals surface area contributed by atoms with Crippen molar-refractivity contribution < 1.29 is 9.53 Å². The zero-order valence-corrected chi connectivity index (χ0v) is 15.8. The van der Waals surface area contributed by atoms with Crippen LogP contribution in [0, 0.1) is 5.41 Å². The summed E-state index contributed by atoms with van der Waals surface area (Å²) in [7, 11) is 0. The zero-order valence-electron chi connectivity index (χ0n) is 14.3. The van der Waals surface area contributed by atoms with Gasteiger partial charge in [0, 0.05) is 17.0 Å². The van der Waals surface area contributed by atoms with Crippen LogP contribution in [-0.2, 0) is 0 Å². The molecule has 0 bridgehead atoms. The van der Waals surface area contributed by atoms with E-state index in [4.69, 9.17) is 27.9 Å². The average Bonchev–Trinajstić information content (AvgIpc) is 2.87. The zero-order chi connectivity index (χ0) is 17.9. The summed E-state index contributed by atoms with van der Waals surface area (Å²) in [4.78, 5) is 17.0. The molecule has 5 nitrogen and oxygen atoms in total. The van der Waals surface area contributed by atoms with Crippen molar-refractivity contribution in [2.24, 2.45) is 5.41 Å². The molecule has 1 aromatic heterocycles. The molecule has 0 unspecified atom stereocenters.